The topological polar surface area (TPSA) is 15.7 Å². The molecule has 3 nitrogen and oxygen atoms in total. The second kappa shape index (κ2) is 13.3. The molecule has 1 saturated heterocycles. The fraction of sp³-hybridized carbons (Fsp3) is 0.357. The van der Waals surface area contributed by atoms with Crippen LogP contribution in [0.3, 0.4) is 0 Å². The van der Waals surface area contributed by atoms with Gasteiger partial charge in [-0.05, 0) is 93.0 Å². The van der Waals surface area contributed by atoms with Gasteiger partial charge in [-0.15, -0.1) is 11.8 Å². The molecule has 1 heterocycles. The largest absolute Gasteiger partial charge is 0.493 e. The lowest BCUT2D eigenvalue weighted by molar-refractivity contribution is 0.204. The van der Waals surface area contributed by atoms with Crippen LogP contribution in [-0.2, 0) is 6.54 Å². The molecule has 6 heteroatoms. The molecule has 0 saturated carbocycles. The minimum Gasteiger partial charge on any atom is -0.493 e. The summed E-state index contributed by atoms with van der Waals surface area (Å²) in [5.41, 5.74) is 2.40. The molecular formula is C28H33ClN2OS2. The van der Waals surface area contributed by atoms with Crippen LogP contribution in [0.1, 0.15) is 31.2 Å². The van der Waals surface area contributed by atoms with E-state index in [-0.39, 0.29) is 0 Å². The lowest BCUT2D eigenvalue weighted by Gasteiger charge is -2.27. The molecule has 3 aromatic rings. The van der Waals surface area contributed by atoms with E-state index in [2.05, 4.69) is 76.1 Å². The summed E-state index contributed by atoms with van der Waals surface area (Å²) in [6, 6.07) is 25.1. The summed E-state index contributed by atoms with van der Waals surface area (Å²) in [6.45, 7) is 5.10. The average molecular weight is 513 g/mol. The van der Waals surface area contributed by atoms with Crippen molar-refractivity contribution >= 4 is 41.0 Å². The van der Waals surface area contributed by atoms with Crippen LogP contribution in [-0.4, -0.2) is 37.4 Å². The summed E-state index contributed by atoms with van der Waals surface area (Å²) in [7, 11) is 0. The molecule has 0 atom stereocenters. The molecule has 3 aromatic carbocycles. The van der Waals surface area contributed by atoms with E-state index in [1.165, 1.54) is 48.5 Å². The number of nitrogens with zero attached hydrogens (tertiary/aromatic N) is 2. The molecular weight excluding hydrogens is 480 g/mol. The van der Waals surface area contributed by atoms with Gasteiger partial charge < -0.3 is 13.9 Å². The monoisotopic (exact) mass is 512 g/mol. The quantitative estimate of drug-likeness (QED) is 0.146. The fourth-order valence-corrected chi connectivity index (χ4v) is 5.97. The summed E-state index contributed by atoms with van der Waals surface area (Å²) in [6.07, 6.45) is 7.24. The van der Waals surface area contributed by atoms with Gasteiger partial charge in [-0.25, -0.2) is 0 Å². The van der Waals surface area contributed by atoms with Gasteiger partial charge in [0, 0.05) is 26.9 Å². The van der Waals surface area contributed by atoms with E-state index in [0.717, 1.165) is 41.8 Å². The normalized spacial score (nSPS) is 14.2. The van der Waals surface area contributed by atoms with Crippen LogP contribution in [0.2, 0.25) is 5.02 Å². The number of hydrogen-bond donors (Lipinski definition) is 0. The summed E-state index contributed by atoms with van der Waals surface area (Å²) >= 11 is 9.63. The van der Waals surface area contributed by atoms with Gasteiger partial charge >= 0.3 is 0 Å². The maximum absolute atomic E-state index is 6.30. The number of hydrogen-bond acceptors (Lipinski definition) is 5. The third kappa shape index (κ3) is 7.35. The van der Waals surface area contributed by atoms with Crippen molar-refractivity contribution in [3.8, 4) is 5.75 Å². The molecule has 1 aliphatic heterocycles. The maximum Gasteiger partial charge on any atom is 0.124 e. The Bertz CT molecular complexity index is 1020. The third-order valence-electron chi connectivity index (χ3n) is 5.99. The number of thioether (sulfide) groups is 1. The zero-order valence-corrected chi connectivity index (χ0v) is 22.2. The van der Waals surface area contributed by atoms with Crippen molar-refractivity contribution in [1.29, 1.82) is 0 Å². The minimum absolute atomic E-state index is 0.743. The van der Waals surface area contributed by atoms with Crippen LogP contribution < -0.4 is 9.04 Å². The number of likely N-dealkylation sites (tertiary alicyclic amines) is 1. The van der Waals surface area contributed by atoms with Crippen molar-refractivity contribution < 1.29 is 4.74 Å². The second-order valence-corrected chi connectivity index (χ2v) is 10.8. The molecule has 0 amide bonds. The number of para-hydroxylation sites is 2. The predicted molar refractivity (Wildman–Crippen MR) is 149 cm³/mol. The maximum atomic E-state index is 6.30. The predicted octanol–water partition coefficient (Wildman–Crippen LogP) is 8.03. The highest BCUT2D eigenvalue weighted by atomic mass is 35.5. The Balaban J connectivity index is 1.47. The molecule has 0 aromatic heterocycles. The molecule has 0 unspecified atom stereocenters. The summed E-state index contributed by atoms with van der Waals surface area (Å²) in [5, 5.41) is 0.753. The third-order valence-corrected chi connectivity index (χ3v) is 8.06. The number of anilines is 1. The first kappa shape index (κ1) is 25.3. The SMILES string of the molecule is CSc1ccccc1N(Cc1ccccc1OCCCN1CCCCC1)Sc1ccc(Cl)cc1. The highest BCUT2D eigenvalue weighted by Gasteiger charge is 2.16. The van der Waals surface area contributed by atoms with Crippen LogP contribution in [0.4, 0.5) is 5.69 Å². The number of piperidine rings is 1. The van der Waals surface area contributed by atoms with E-state index in [1.54, 1.807) is 23.7 Å². The fourth-order valence-electron chi connectivity index (χ4n) is 4.21. The van der Waals surface area contributed by atoms with Crippen molar-refractivity contribution in [2.45, 2.75) is 42.0 Å². The van der Waals surface area contributed by atoms with Crippen LogP contribution in [0.15, 0.2) is 82.6 Å². The first-order valence-corrected chi connectivity index (χ1v) is 14.4. The van der Waals surface area contributed by atoms with Crippen molar-refractivity contribution in [3.05, 3.63) is 83.4 Å². The molecule has 0 bridgehead atoms. The van der Waals surface area contributed by atoms with Crippen LogP contribution in [0.25, 0.3) is 0 Å². The van der Waals surface area contributed by atoms with Gasteiger partial charge in [0.15, 0.2) is 0 Å². The van der Waals surface area contributed by atoms with Crippen LogP contribution in [0.5, 0.6) is 5.75 Å². The van der Waals surface area contributed by atoms with Crippen molar-refractivity contribution in [2.24, 2.45) is 0 Å². The van der Waals surface area contributed by atoms with Crippen molar-refractivity contribution in [1.82, 2.24) is 4.90 Å². The highest BCUT2D eigenvalue weighted by molar-refractivity contribution is 8.01. The van der Waals surface area contributed by atoms with E-state index in [0.29, 0.717) is 0 Å². The molecule has 1 fully saturated rings. The Morgan fingerprint density at radius 2 is 1.65 bits per heavy atom. The van der Waals surface area contributed by atoms with Gasteiger partial charge in [-0.1, -0.05) is 48.4 Å². The van der Waals surface area contributed by atoms with E-state index < -0.39 is 0 Å². The molecule has 0 spiro atoms. The smallest absolute Gasteiger partial charge is 0.124 e. The highest BCUT2D eigenvalue weighted by Crippen LogP contribution is 2.38. The Morgan fingerprint density at radius 1 is 0.912 bits per heavy atom. The van der Waals surface area contributed by atoms with Gasteiger partial charge in [-0.2, -0.15) is 0 Å². The zero-order chi connectivity index (χ0) is 23.6. The van der Waals surface area contributed by atoms with Crippen LogP contribution in [0, 0.1) is 0 Å². The number of rotatable bonds is 11. The van der Waals surface area contributed by atoms with Gasteiger partial charge in [0.1, 0.15) is 5.75 Å². The van der Waals surface area contributed by atoms with Crippen molar-refractivity contribution in [2.75, 3.05) is 36.8 Å². The Morgan fingerprint density at radius 3 is 2.44 bits per heavy atom. The standard InChI is InChI=1S/C28H33ClN2OS2/c1-33-28-13-6-4-11-26(28)31(34-25-16-14-24(29)15-17-25)22-23-10-3-5-12-27(23)32-21-9-20-30-18-7-2-8-19-30/h3-6,10-17H,2,7-9,18-22H2,1H3. The first-order chi connectivity index (χ1) is 16.7. The van der Waals surface area contributed by atoms with Crippen LogP contribution >= 0.6 is 35.3 Å². The average Bonchev–Trinajstić information content (AvgIpc) is 2.89. The summed E-state index contributed by atoms with van der Waals surface area (Å²) in [5.74, 6) is 0.976. The number of ether oxygens (including phenoxy) is 1. The summed E-state index contributed by atoms with van der Waals surface area (Å²) in [4.78, 5) is 4.98. The Kier molecular flexibility index (Phi) is 9.93. The molecule has 1 aliphatic rings. The lowest BCUT2D eigenvalue weighted by Crippen LogP contribution is -2.31. The first-order valence-electron chi connectivity index (χ1n) is 12.0. The second-order valence-electron chi connectivity index (χ2n) is 8.47. The zero-order valence-electron chi connectivity index (χ0n) is 19.8. The lowest BCUT2D eigenvalue weighted by atomic mass is 10.1. The molecule has 0 aliphatic carbocycles. The Hall–Kier alpha value is -1.79. The van der Waals surface area contributed by atoms with Gasteiger partial charge in [0.05, 0.1) is 18.8 Å². The molecule has 4 rings (SSSR count). The van der Waals surface area contributed by atoms with E-state index in [1.807, 2.05) is 12.1 Å². The number of halogens is 1. The van der Waals surface area contributed by atoms with Gasteiger partial charge in [0.2, 0.25) is 0 Å². The van der Waals surface area contributed by atoms with Crippen molar-refractivity contribution in [3.63, 3.8) is 0 Å². The minimum atomic E-state index is 0.743. The molecule has 0 N–H and O–H groups in total. The molecule has 0 radical (unpaired) electrons. The van der Waals surface area contributed by atoms with E-state index >= 15 is 0 Å². The molecule has 180 valence electrons. The number of benzene rings is 3. The molecule has 34 heavy (non-hydrogen) atoms. The van der Waals surface area contributed by atoms with Gasteiger partial charge in [-0.3, -0.25) is 0 Å². The van der Waals surface area contributed by atoms with E-state index in [9.17, 15) is 0 Å². The van der Waals surface area contributed by atoms with E-state index in [4.69, 9.17) is 16.3 Å². The Labute approximate surface area is 218 Å². The summed E-state index contributed by atoms with van der Waals surface area (Å²) < 4.78 is 8.65. The van der Waals surface area contributed by atoms with Gasteiger partial charge in [0.25, 0.3) is 0 Å².